The lowest BCUT2D eigenvalue weighted by Crippen LogP contribution is -2.32. The van der Waals surface area contributed by atoms with E-state index >= 15 is 0 Å². The van der Waals surface area contributed by atoms with Crippen molar-refractivity contribution in [2.75, 3.05) is 31.4 Å². The number of anilines is 2. The van der Waals surface area contributed by atoms with Gasteiger partial charge in [-0.2, -0.15) is 0 Å². The molecule has 96 valence electrons. The third kappa shape index (κ3) is 3.54. The van der Waals surface area contributed by atoms with Crippen LogP contribution in [0, 0.1) is 0 Å². The first kappa shape index (κ1) is 13.7. The molecule has 1 atom stereocenters. The highest BCUT2D eigenvalue weighted by Crippen LogP contribution is 2.19. The number of likely N-dealkylation sites (N-methyl/N-ethyl adjacent to an activating group) is 1. The Kier molecular flexibility index (Phi) is 5.11. The second-order valence-electron chi connectivity index (χ2n) is 4.24. The molecule has 0 amide bonds. The lowest BCUT2D eigenvalue weighted by Gasteiger charge is -2.21. The van der Waals surface area contributed by atoms with E-state index in [1.807, 2.05) is 0 Å². The van der Waals surface area contributed by atoms with E-state index in [1.165, 1.54) is 6.33 Å². The second-order valence-corrected chi connectivity index (χ2v) is 4.24. The molecule has 0 saturated carbocycles. The maximum absolute atomic E-state index is 5.42. The number of nitrogens with two attached hydrogens (primary N) is 1. The Labute approximate surface area is 103 Å². The molecule has 1 unspecified atom stereocenters. The van der Waals surface area contributed by atoms with E-state index in [0.29, 0.717) is 11.9 Å². The zero-order chi connectivity index (χ0) is 12.8. The molecular weight excluding hydrogens is 216 g/mol. The van der Waals surface area contributed by atoms with Gasteiger partial charge in [-0.3, -0.25) is 0 Å². The van der Waals surface area contributed by atoms with Gasteiger partial charge in [0.1, 0.15) is 18.0 Å². The van der Waals surface area contributed by atoms with Gasteiger partial charge in [0.15, 0.2) is 0 Å². The van der Waals surface area contributed by atoms with Crippen LogP contribution in [0.4, 0.5) is 11.6 Å². The van der Waals surface area contributed by atoms with Crippen LogP contribution in [-0.2, 0) is 6.42 Å². The summed E-state index contributed by atoms with van der Waals surface area (Å²) in [6.07, 6.45) is 2.34. The minimum Gasteiger partial charge on any atom is -0.368 e. The maximum atomic E-state index is 5.42. The van der Waals surface area contributed by atoms with Crippen molar-refractivity contribution in [2.45, 2.75) is 26.3 Å². The Morgan fingerprint density at radius 3 is 2.53 bits per heavy atom. The van der Waals surface area contributed by atoms with E-state index in [-0.39, 0.29) is 0 Å². The zero-order valence-corrected chi connectivity index (χ0v) is 11.0. The lowest BCUT2D eigenvalue weighted by molar-refractivity contribution is 0.326. The Hall–Kier alpha value is -1.40. The third-order valence-electron chi connectivity index (χ3n) is 2.88. The fourth-order valence-corrected chi connectivity index (χ4v) is 1.45. The summed E-state index contributed by atoms with van der Waals surface area (Å²) in [5.41, 5.74) is 3.61. The van der Waals surface area contributed by atoms with E-state index in [9.17, 15) is 0 Å². The van der Waals surface area contributed by atoms with Crippen LogP contribution in [0.15, 0.2) is 6.33 Å². The fraction of sp³-hybridized carbons (Fsp3) is 0.636. The van der Waals surface area contributed by atoms with Gasteiger partial charge in [-0.05, 0) is 27.4 Å². The SMILES string of the molecule is CCc1c(NN)ncnc1NCC(C)N(C)C. The van der Waals surface area contributed by atoms with Gasteiger partial charge in [-0.25, -0.2) is 15.8 Å². The van der Waals surface area contributed by atoms with Crippen LogP contribution >= 0.6 is 0 Å². The minimum atomic E-state index is 0.434. The quantitative estimate of drug-likeness (QED) is 0.500. The molecular formula is C11H22N6. The Morgan fingerprint density at radius 1 is 1.35 bits per heavy atom. The van der Waals surface area contributed by atoms with Gasteiger partial charge in [-0.15, -0.1) is 0 Å². The second kappa shape index (κ2) is 6.36. The third-order valence-corrected chi connectivity index (χ3v) is 2.88. The summed E-state index contributed by atoms with van der Waals surface area (Å²) >= 11 is 0. The molecule has 6 heteroatoms. The highest BCUT2D eigenvalue weighted by Gasteiger charge is 2.10. The Bertz CT molecular complexity index is 352. The number of aromatic nitrogens is 2. The molecule has 1 aromatic heterocycles. The largest absolute Gasteiger partial charge is 0.368 e. The van der Waals surface area contributed by atoms with Crippen molar-refractivity contribution in [3.05, 3.63) is 11.9 Å². The van der Waals surface area contributed by atoms with Crippen LogP contribution in [0.1, 0.15) is 19.4 Å². The number of hydrazine groups is 1. The predicted molar refractivity (Wildman–Crippen MR) is 70.9 cm³/mol. The first-order valence-corrected chi connectivity index (χ1v) is 5.80. The van der Waals surface area contributed by atoms with E-state index in [2.05, 4.69) is 53.6 Å². The van der Waals surface area contributed by atoms with Gasteiger partial charge in [0, 0.05) is 18.2 Å². The molecule has 0 aliphatic heterocycles. The Morgan fingerprint density at radius 2 is 2.00 bits per heavy atom. The van der Waals surface area contributed by atoms with Gasteiger partial charge >= 0.3 is 0 Å². The molecule has 0 bridgehead atoms. The van der Waals surface area contributed by atoms with E-state index < -0.39 is 0 Å². The van der Waals surface area contributed by atoms with Crippen molar-refractivity contribution in [3.8, 4) is 0 Å². The topological polar surface area (TPSA) is 79.1 Å². The summed E-state index contributed by atoms with van der Waals surface area (Å²) in [5, 5.41) is 3.33. The molecule has 0 aliphatic carbocycles. The van der Waals surface area contributed by atoms with Crippen LogP contribution in [-0.4, -0.2) is 41.5 Å². The molecule has 1 aromatic rings. The highest BCUT2D eigenvalue weighted by atomic mass is 15.3. The predicted octanol–water partition coefficient (Wildman–Crippen LogP) is 0.687. The van der Waals surface area contributed by atoms with Crippen LogP contribution in [0.25, 0.3) is 0 Å². The van der Waals surface area contributed by atoms with Gasteiger partial charge in [0.05, 0.1) is 0 Å². The molecule has 0 radical (unpaired) electrons. The zero-order valence-electron chi connectivity index (χ0n) is 11.0. The standard InChI is InChI=1S/C11H22N6/c1-5-9-10(13-6-8(2)17(3)4)14-7-15-11(9)16-12/h7-8H,5-6,12H2,1-4H3,(H2,13,14,15,16). The van der Waals surface area contributed by atoms with Crippen molar-refractivity contribution >= 4 is 11.6 Å². The molecule has 1 rings (SSSR count). The first-order valence-electron chi connectivity index (χ1n) is 5.80. The van der Waals surface area contributed by atoms with E-state index in [0.717, 1.165) is 24.3 Å². The monoisotopic (exact) mass is 238 g/mol. The summed E-state index contributed by atoms with van der Waals surface area (Å²) in [6, 6.07) is 0.434. The van der Waals surface area contributed by atoms with Crippen LogP contribution in [0.2, 0.25) is 0 Å². The van der Waals surface area contributed by atoms with Crippen molar-refractivity contribution in [1.82, 2.24) is 14.9 Å². The number of nitrogen functional groups attached to an aromatic ring is 1. The number of rotatable bonds is 6. The average molecular weight is 238 g/mol. The molecule has 4 N–H and O–H groups in total. The van der Waals surface area contributed by atoms with Crippen LogP contribution in [0.5, 0.6) is 0 Å². The molecule has 0 aromatic carbocycles. The van der Waals surface area contributed by atoms with Crippen molar-refractivity contribution in [3.63, 3.8) is 0 Å². The van der Waals surface area contributed by atoms with E-state index in [4.69, 9.17) is 5.84 Å². The van der Waals surface area contributed by atoms with Gasteiger partial charge in [0.25, 0.3) is 0 Å². The van der Waals surface area contributed by atoms with Gasteiger partial charge < -0.3 is 15.6 Å². The summed E-state index contributed by atoms with van der Waals surface area (Å²) in [7, 11) is 4.11. The van der Waals surface area contributed by atoms with Crippen molar-refractivity contribution in [2.24, 2.45) is 5.84 Å². The van der Waals surface area contributed by atoms with Gasteiger partial charge in [-0.1, -0.05) is 6.92 Å². The summed E-state index contributed by atoms with van der Waals surface area (Å²) in [5.74, 6) is 6.96. The number of nitrogens with one attached hydrogen (secondary N) is 2. The number of nitrogens with zero attached hydrogens (tertiary/aromatic N) is 3. The molecule has 0 spiro atoms. The molecule has 6 nitrogen and oxygen atoms in total. The first-order chi connectivity index (χ1) is 8.10. The average Bonchev–Trinajstić information content (AvgIpc) is 2.34. The molecule has 0 fully saturated rings. The summed E-state index contributed by atoms with van der Waals surface area (Å²) in [6.45, 7) is 5.04. The Balaban J connectivity index is 2.77. The van der Waals surface area contributed by atoms with Crippen molar-refractivity contribution < 1.29 is 0 Å². The van der Waals surface area contributed by atoms with Crippen LogP contribution in [0.3, 0.4) is 0 Å². The molecule has 17 heavy (non-hydrogen) atoms. The summed E-state index contributed by atoms with van der Waals surface area (Å²) in [4.78, 5) is 10.5. The summed E-state index contributed by atoms with van der Waals surface area (Å²) < 4.78 is 0. The maximum Gasteiger partial charge on any atom is 0.148 e. The molecule has 1 heterocycles. The number of hydrogen-bond acceptors (Lipinski definition) is 6. The van der Waals surface area contributed by atoms with Crippen molar-refractivity contribution in [1.29, 1.82) is 0 Å². The van der Waals surface area contributed by atoms with E-state index in [1.54, 1.807) is 0 Å². The van der Waals surface area contributed by atoms with Crippen LogP contribution < -0.4 is 16.6 Å². The molecule has 0 aliphatic rings. The highest BCUT2D eigenvalue weighted by molar-refractivity contribution is 5.56. The minimum absolute atomic E-state index is 0.434. The molecule has 0 saturated heterocycles. The fourth-order valence-electron chi connectivity index (χ4n) is 1.45. The van der Waals surface area contributed by atoms with Gasteiger partial charge in [0.2, 0.25) is 0 Å². The smallest absolute Gasteiger partial charge is 0.148 e. The normalized spacial score (nSPS) is 12.6. The number of hydrogen-bond donors (Lipinski definition) is 3. The lowest BCUT2D eigenvalue weighted by atomic mass is 10.2.